The van der Waals surface area contributed by atoms with Crippen LogP contribution < -0.4 is 4.74 Å². The highest BCUT2D eigenvalue weighted by Gasteiger charge is 2.14. The Morgan fingerprint density at radius 3 is 2.77 bits per heavy atom. The maximum atomic E-state index is 11.2. The van der Waals surface area contributed by atoms with E-state index in [0.717, 1.165) is 16.6 Å². The first-order chi connectivity index (χ1) is 10.7. The average molecular weight is 298 g/mol. The Morgan fingerprint density at radius 2 is 2.05 bits per heavy atom. The number of methoxy groups -OCH3 is 1. The zero-order valence-corrected chi connectivity index (χ0v) is 11.9. The topological polar surface area (TPSA) is 84.4 Å². The molecule has 2 aromatic carbocycles. The number of carbonyl (C=O) groups excluding carboxylic acids is 1. The zero-order valence-electron chi connectivity index (χ0n) is 11.9. The molecule has 0 aliphatic heterocycles. The van der Waals surface area contributed by atoms with E-state index in [9.17, 15) is 9.90 Å². The molecule has 0 aliphatic rings. The molecular weight excluding hydrogens is 284 g/mol. The summed E-state index contributed by atoms with van der Waals surface area (Å²) in [5.41, 5.74) is 2.58. The molecule has 0 atom stereocenters. The molecule has 112 valence electrons. The lowest BCUT2D eigenvalue weighted by Crippen LogP contribution is -2.07. The van der Waals surface area contributed by atoms with Crippen LogP contribution in [0.2, 0.25) is 0 Å². The van der Waals surface area contributed by atoms with Gasteiger partial charge in [-0.25, -0.2) is 4.79 Å². The molecule has 0 fully saturated rings. The highest BCUT2D eigenvalue weighted by atomic mass is 16.7. The lowest BCUT2D eigenvalue weighted by Gasteiger charge is -2.05. The van der Waals surface area contributed by atoms with Gasteiger partial charge in [0.2, 0.25) is 0 Å². The van der Waals surface area contributed by atoms with Crippen LogP contribution in [0.25, 0.3) is 10.9 Å². The minimum atomic E-state index is -0.886. The molecule has 6 nitrogen and oxygen atoms in total. The van der Waals surface area contributed by atoms with Crippen molar-refractivity contribution in [3.63, 3.8) is 0 Å². The Labute approximate surface area is 126 Å². The van der Waals surface area contributed by atoms with Crippen molar-refractivity contribution in [3.8, 4) is 11.5 Å². The van der Waals surface area contributed by atoms with E-state index >= 15 is 0 Å². The van der Waals surface area contributed by atoms with Gasteiger partial charge in [-0.1, -0.05) is 30.3 Å². The van der Waals surface area contributed by atoms with Crippen molar-refractivity contribution in [2.75, 3.05) is 7.11 Å². The van der Waals surface area contributed by atoms with Crippen LogP contribution in [0.1, 0.15) is 11.3 Å². The summed E-state index contributed by atoms with van der Waals surface area (Å²) in [6.45, 7) is 0. The number of hydrogen-bond acceptors (Lipinski definition) is 5. The summed E-state index contributed by atoms with van der Waals surface area (Å²) in [6, 6.07) is 12.9. The van der Waals surface area contributed by atoms with Gasteiger partial charge in [0.1, 0.15) is 0 Å². The van der Waals surface area contributed by atoms with E-state index in [1.807, 2.05) is 30.3 Å². The van der Waals surface area contributed by atoms with Gasteiger partial charge in [-0.05, 0) is 11.6 Å². The molecule has 6 heteroatoms. The molecule has 1 heterocycles. The predicted octanol–water partition coefficient (Wildman–Crippen LogP) is 3.00. The maximum Gasteiger partial charge on any atom is 0.513 e. The van der Waals surface area contributed by atoms with Crippen LogP contribution in [0.3, 0.4) is 0 Å². The van der Waals surface area contributed by atoms with E-state index in [4.69, 9.17) is 4.74 Å². The second kappa shape index (κ2) is 5.77. The number of aromatic amines is 1. The Morgan fingerprint density at radius 1 is 1.27 bits per heavy atom. The molecule has 0 spiro atoms. The van der Waals surface area contributed by atoms with Gasteiger partial charge in [0, 0.05) is 17.9 Å². The van der Waals surface area contributed by atoms with Crippen LogP contribution in [-0.2, 0) is 11.2 Å². The molecule has 0 radical (unpaired) electrons. The summed E-state index contributed by atoms with van der Waals surface area (Å²) < 4.78 is 9.36. The summed E-state index contributed by atoms with van der Waals surface area (Å²) in [5.74, 6) is -0.122. The fourth-order valence-corrected chi connectivity index (χ4v) is 2.22. The summed E-state index contributed by atoms with van der Waals surface area (Å²) >= 11 is 0. The highest BCUT2D eigenvalue weighted by Crippen LogP contribution is 2.32. The standard InChI is InChI=1S/C16H14N2O4/c1-21-16(20)22-15-8-11-12(7-10-5-3-2-4-6-10)17-18-13(11)9-14(15)19/h2-6,8-9,19H,7H2,1H3,(H,17,18). The van der Waals surface area contributed by atoms with Gasteiger partial charge in [-0.15, -0.1) is 0 Å². The minimum absolute atomic E-state index is 0.0371. The third kappa shape index (κ3) is 2.71. The van der Waals surface area contributed by atoms with Crippen molar-refractivity contribution < 1.29 is 19.4 Å². The SMILES string of the molecule is COC(=O)Oc1cc2c(Cc3ccccc3)n[nH]c2cc1O. The lowest BCUT2D eigenvalue weighted by atomic mass is 10.1. The third-order valence-corrected chi connectivity index (χ3v) is 3.30. The number of H-pyrrole nitrogens is 1. The van der Waals surface area contributed by atoms with Crippen molar-refractivity contribution in [2.45, 2.75) is 6.42 Å². The number of phenolic OH excluding ortho intramolecular Hbond substituents is 1. The first kappa shape index (κ1) is 13.9. The summed E-state index contributed by atoms with van der Waals surface area (Å²) in [7, 11) is 1.20. The highest BCUT2D eigenvalue weighted by molar-refractivity contribution is 5.86. The zero-order chi connectivity index (χ0) is 15.5. The number of nitrogens with one attached hydrogen (secondary N) is 1. The fraction of sp³-hybridized carbons (Fsp3) is 0.125. The second-order valence-corrected chi connectivity index (χ2v) is 4.75. The number of carbonyl (C=O) groups is 1. The van der Waals surface area contributed by atoms with Gasteiger partial charge in [-0.2, -0.15) is 5.10 Å². The smallest absolute Gasteiger partial charge is 0.504 e. The number of benzene rings is 2. The molecule has 2 N–H and O–H groups in total. The number of aromatic hydroxyl groups is 1. The molecular formula is C16H14N2O4. The van der Waals surface area contributed by atoms with E-state index in [2.05, 4.69) is 14.9 Å². The fourth-order valence-electron chi connectivity index (χ4n) is 2.22. The molecule has 3 rings (SSSR count). The van der Waals surface area contributed by atoms with E-state index in [0.29, 0.717) is 11.9 Å². The van der Waals surface area contributed by atoms with Crippen LogP contribution in [0, 0.1) is 0 Å². The van der Waals surface area contributed by atoms with Gasteiger partial charge in [-0.3, -0.25) is 5.10 Å². The quantitative estimate of drug-likeness (QED) is 0.573. The Hall–Kier alpha value is -3.02. The molecule has 0 aliphatic carbocycles. The summed E-state index contributed by atoms with van der Waals surface area (Å²) in [6.07, 6.45) is -0.258. The van der Waals surface area contributed by atoms with Crippen LogP contribution in [0.15, 0.2) is 42.5 Å². The first-order valence-electron chi connectivity index (χ1n) is 6.67. The lowest BCUT2D eigenvalue weighted by molar-refractivity contribution is 0.120. The minimum Gasteiger partial charge on any atom is -0.504 e. The normalized spacial score (nSPS) is 10.6. The molecule has 1 aromatic heterocycles. The number of rotatable bonds is 3. The number of fused-ring (bicyclic) bond motifs is 1. The predicted molar refractivity (Wildman–Crippen MR) is 80.0 cm³/mol. The number of phenols is 1. The van der Waals surface area contributed by atoms with Gasteiger partial charge in [0.15, 0.2) is 11.5 Å². The Balaban J connectivity index is 1.98. The Kier molecular flexibility index (Phi) is 3.65. The van der Waals surface area contributed by atoms with E-state index in [1.54, 1.807) is 6.07 Å². The number of aromatic nitrogens is 2. The van der Waals surface area contributed by atoms with E-state index < -0.39 is 6.16 Å². The largest absolute Gasteiger partial charge is 0.513 e. The second-order valence-electron chi connectivity index (χ2n) is 4.75. The van der Waals surface area contributed by atoms with Crippen molar-refractivity contribution >= 4 is 17.1 Å². The van der Waals surface area contributed by atoms with Crippen molar-refractivity contribution in [1.82, 2.24) is 10.2 Å². The Bertz CT molecular complexity index is 812. The number of ether oxygens (including phenoxy) is 2. The number of nitrogens with zero attached hydrogens (tertiary/aromatic N) is 1. The summed E-state index contributed by atoms with van der Waals surface area (Å²) in [4.78, 5) is 11.2. The van der Waals surface area contributed by atoms with Crippen LogP contribution >= 0.6 is 0 Å². The van der Waals surface area contributed by atoms with Crippen LogP contribution in [-0.4, -0.2) is 28.6 Å². The van der Waals surface area contributed by atoms with E-state index in [1.165, 1.54) is 13.2 Å². The van der Waals surface area contributed by atoms with Crippen LogP contribution in [0.4, 0.5) is 4.79 Å². The molecule has 0 bridgehead atoms. The van der Waals surface area contributed by atoms with Gasteiger partial charge < -0.3 is 14.6 Å². The van der Waals surface area contributed by atoms with E-state index in [-0.39, 0.29) is 11.5 Å². The van der Waals surface area contributed by atoms with Crippen molar-refractivity contribution in [2.24, 2.45) is 0 Å². The molecule has 22 heavy (non-hydrogen) atoms. The molecule has 3 aromatic rings. The molecule has 0 unspecified atom stereocenters. The van der Waals surface area contributed by atoms with Gasteiger partial charge in [0.05, 0.1) is 18.3 Å². The summed E-state index contributed by atoms with van der Waals surface area (Å²) in [5, 5.41) is 17.8. The van der Waals surface area contributed by atoms with Crippen LogP contribution in [0.5, 0.6) is 11.5 Å². The monoisotopic (exact) mass is 298 g/mol. The van der Waals surface area contributed by atoms with Crippen molar-refractivity contribution in [3.05, 3.63) is 53.7 Å². The van der Waals surface area contributed by atoms with Gasteiger partial charge in [0.25, 0.3) is 0 Å². The molecule has 0 saturated heterocycles. The maximum absolute atomic E-state index is 11.2. The number of hydrogen-bond donors (Lipinski definition) is 2. The average Bonchev–Trinajstić information content (AvgIpc) is 2.90. The molecule has 0 saturated carbocycles. The van der Waals surface area contributed by atoms with Gasteiger partial charge >= 0.3 is 6.16 Å². The van der Waals surface area contributed by atoms with Crippen molar-refractivity contribution in [1.29, 1.82) is 0 Å². The first-order valence-corrected chi connectivity index (χ1v) is 6.67. The molecule has 0 amide bonds. The third-order valence-electron chi connectivity index (χ3n) is 3.30.